The van der Waals surface area contributed by atoms with Crippen LogP contribution in [0.1, 0.15) is 29.6 Å². The fraction of sp³-hybridized carbons (Fsp3) is 0.467. The van der Waals surface area contributed by atoms with E-state index in [4.69, 9.17) is 4.52 Å². The first-order valence-electron chi connectivity index (χ1n) is 7.25. The molecule has 2 aromatic rings. The molecule has 0 aliphatic rings. The third-order valence-electron chi connectivity index (χ3n) is 3.49. The molecule has 1 N–H and O–H groups in total. The van der Waals surface area contributed by atoms with Gasteiger partial charge >= 0.3 is 0 Å². The highest BCUT2D eigenvalue weighted by molar-refractivity contribution is 5.78. The maximum Gasteiger partial charge on any atom is 0.253 e. The quantitative estimate of drug-likeness (QED) is 0.851. The Morgan fingerprint density at radius 1 is 1.41 bits per heavy atom. The normalized spacial score (nSPS) is 10.7. The summed E-state index contributed by atoms with van der Waals surface area (Å²) < 4.78 is 6.51. The molecule has 7 nitrogen and oxygen atoms in total. The van der Waals surface area contributed by atoms with Gasteiger partial charge in [0.1, 0.15) is 5.76 Å². The van der Waals surface area contributed by atoms with E-state index in [1.54, 1.807) is 13.8 Å². The molecule has 7 heteroatoms. The topological polar surface area (TPSA) is 90.0 Å². The summed E-state index contributed by atoms with van der Waals surface area (Å²) in [6.07, 6.45) is 2.47. The van der Waals surface area contributed by atoms with Gasteiger partial charge in [-0.2, -0.15) is 0 Å². The summed E-state index contributed by atoms with van der Waals surface area (Å²) in [5.74, 6) is 0.531. The minimum absolute atomic E-state index is 0.105. The second-order valence-electron chi connectivity index (χ2n) is 5.09. The average Bonchev–Trinajstić information content (AvgIpc) is 2.80. The number of carbonyl (C=O) groups excluding carboxylic acids is 1. The van der Waals surface area contributed by atoms with Gasteiger partial charge in [0.2, 0.25) is 5.91 Å². The fourth-order valence-electron chi connectivity index (χ4n) is 2.12. The average molecular weight is 304 g/mol. The predicted molar refractivity (Wildman–Crippen MR) is 80.6 cm³/mol. The van der Waals surface area contributed by atoms with Gasteiger partial charge in [-0.05, 0) is 20.3 Å². The van der Waals surface area contributed by atoms with Crippen molar-refractivity contribution in [1.29, 1.82) is 0 Å². The first-order chi connectivity index (χ1) is 10.5. The summed E-state index contributed by atoms with van der Waals surface area (Å²) in [4.78, 5) is 27.9. The van der Waals surface area contributed by atoms with E-state index >= 15 is 0 Å². The number of aryl methyl sites for hydroxylation is 3. The highest BCUT2D eigenvalue weighted by Gasteiger charge is 2.13. The van der Waals surface area contributed by atoms with Crippen LogP contribution in [0, 0.1) is 13.8 Å². The molecule has 0 saturated carbocycles. The van der Waals surface area contributed by atoms with E-state index < -0.39 is 0 Å². The minimum atomic E-state index is -0.124. The molecule has 0 saturated heterocycles. The molecule has 2 rings (SSSR count). The third-order valence-corrected chi connectivity index (χ3v) is 3.49. The van der Waals surface area contributed by atoms with Crippen molar-refractivity contribution in [3.63, 3.8) is 0 Å². The second-order valence-corrected chi connectivity index (χ2v) is 5.09. The lowest BCUT2D eigenvalue weighted by Crippen LogP contribution is -2.32. The lowest BCUT2D eigenvalue weighted by atomic mass is 10.1. The lowest BCUT2D eigenvalue weighted by Gasteiger charge is -2.07. The molecule has 0 aliphatic heterocycles. The Kier molecular flexibility index (Phi) is 5.08. The van der Waals surface area contributed by atoms with Crippen LogP contribution in [-0.4, -0.2) is 27.2 Å². The molecule has 0 atom stereocenters. The Morgan fingerprint density at radius 3 is 2.77 bits per heavy atom. The van der Waals surface area contributed by atoms with Crippen LogP contribution in [0.4, 0.5) is 0 Å². The molecule has 0 unspecified atom stereocenters. The number of aromatic nitrogens is 3. The molecule has 0 radical (unpaired) electrons. The van der Waals surface area contributed by atoms with E-state index in [-0.39, 0.29) is 17.9 Å². The van der Waals surface area contributed by atoms with Crippen molar-refractivity contribution in [2.75, 3.05) is 6.54 Å². The summed E-state index contributed by atoms with van der Waals surface area (Å²) in [5.41, 5.74) is 2.20. The summed E-state index contributed by atoms with van der Waals surface area (Å²) in [5, 5.41) is 6.60. The third kappa shape index (κ3) is 3.81. The van der Waals surface area contributed by atoms with Crippen molar-refractivity contribution in [1.82, 2.24) is 20.0 Å². The molecule has 0 aromatic carbocycles. The molecular weight excluding hydrogens is 284 g/mol. The molecule has 0 spiro atoms. The van der Waals surface area contributed by atoms with Crippen LogP contribution < -0.4 is 10.9 Å². The van der Waals surface area contributed by atoms with Gasteiger partial charge in [-0.25, -0.2) is 4.98 Å². The Morgan fingerprint density at radius 2 is 2.18 bits per heavy atom. The van der Waals surface area contributed by atoms with Gasteiger partial charge < -0.3 is 9.84 Å². The van der Waals surface area contributed by atoms with Crippen molar-refractivity contribution in [3.8, 4) is 0 Å². The smallest absolute Gasteiger partial charge is 0.253 e. The first kappa shape index (κ1) is 15.9. The van der Waals surface area contributed by atoms with E-state index in [1.165, 1.54) is 17.0 Å². The Bertz CT molecular complexity index is 698. The number of amides is 1. The van der Waals surface area contributed by atoms with Crippen LogP contribution in [0.2, 0.25) is 0 Å². The number of rotatable bonds is 6. The van der Waals surface area contributed by atoms with Gasteiger partial charge in [0, 0.05) is 30.4 Å². The summed E-state index contributed by atoms with van der Waals surface area (Å²) >= 11 is 0. The van der Waals surface area contributed by atoms with E-state index in [0.29, 0.717) is 18.8 Å². The molecule has 2 heterocycles. The number of nitrogens with zero attached hydrogens (tertiary/aromatic N) is 3. The highest BCUT2D eigenvalue weighted by atomic mass is 16.5. The summed E-state index contributed by atoms with van der Waals surface area (Å²) in [6, 6.07) is 1.52. The predicted octanol–water partition coefficient (Wildman–Crippen LogP) is 0.769. The molecule has 0 aliphatic carbocycles. The zero-order valence-electron chi connectivity index (χ0n) is 13.0. The SMILES string of the molecule is CCc1cc(=O)n(CCNC(=O)Cc2c(C)noc2C)cn1. The zero-order valence-corrected chi connectivity index (χ0v) is 13.0. The van der Waals surface area contributed by atoms with E-state index in [9.17, 15) is 9.59 Å². The van der Waals surface area contributed by atoms with E-state index in [0.717, 1.165) is 23.4 Å². The maximum absolute atomic E-state index is 11.9. The van der Waals surface area contributed by atoms with Gasteiger partial charge in [-0.15, -0.1) is 0 Å². The summed E-state index contributed by atoms with van der Waals surface area (Å²) in [6.45, 7) is 6.29. The van der Waals surface area contributed by atoms with Crippen LogP contribution in [0.5, 0.6) is 0 Å². The van der Waals surface area contributed by atoms with Crippen molar-refractivity contribution >= 4 is 5.91 Å². The molecule has 22 heavy (non-hydrogen) atoms. The number of nitrogens with one attached hydrogen (secondary N) is 1. The standard InChI is InChI=1S/C15H20N4O3/c1-4-12-7-15(21)19(9-17-12)6-5-16-14(20)8-13-10(2)18-22-11(13)3/h7,9H,4-6,8H2,1-3H3,(H,16,20). The number of carbonyl (C=O) groups is 1. The number of hydrogen-bond donors (Lipinski definition) is 1. The molecule has 0 bridgehead atoms. The van der Waals surface area contributed by atoms with Gasteiger partial charge in [-0.3, -0.25) is 14.2 Å². The van der Waals surface area contributed by atoms with Crippen LogP contribution in [-0.2, 0) is 24.2 Å². The Labute approximate surface area is 128 Å². The molecular formula is C15H20N4O3. The maximum atomic E-state index is 11.9. The van der Waals surface area contributed by atoms with Crippen LogP contribution in [0.3, 0.4) is 0 Å². The number of hydrogen-bond acceptors (Lipinski definition) is 5. The fourth-order valence-corrected chi connectivity index (χ4v) is 2.12. The van der Waals surface area contributed by atoms with Crippen LogP contribution in [0.25, 0.3) is 0 Å². The zero-order chi connectivity index (χ0) is 16.1. The Hall–Kier alpha value is -2.44. The van der Waals surface area contributed by atoms with Crippen molar-refractivity contribution < 1.29 is 9.32 Å². The lowest BCUT2D eigenvalue weighted by molar-refractivity contribution is -0.120. The van der Waals surface area contributed by atoms with Gasteiger partial charge in [0.15, 0.2) is 0 Å². The van der Waals surface area contributed by atoms with Crippen LogP contribution >= 0.6 is 0 Å². The van der Waals surface area contributed by atoms with Gasteiger partial charge in [0.25, 0.3) is 5.56 Å². The molecule has 2 aromatic heterocycles. The van der Waals surface area contributed by atoms with E-state index in [1.807, 2.05) is 6.92 Å². The van der Waals surface area contributed by atoms with E-state index in [2.05, 4.69) is 15.5 Å². The summed E-state index contributed by atoms with van der Waals surface area (Å²) in [7, 11) is 0. The van der Waals surface area contributed by atoms with Crippen LogP contribution in [0.15, 0.2) is 21.7 Å². The molecule has 1 amide bonds. The van der Waals surface area contributed by atoms with Gasteiger partial charge in [0.05, 0.1) is 18.4 Å². The first-order valence-corrected chi connectivity index (χ1v) is 7.25. The largest absolute Gasteiger partial charge is 0.361 e. The van der Waals surface area contributed by atoms with Crippen molar-refractivity contribution in [2.24, 2.45) is 0 Å². The highest BCUT2D eigenvalue weighted by Crippen LogP contribution is 2.12. The molecule has 0 fully saturated rings. The Balaban J connectivity index is 1.86. The van der Waals surface area contributed by atoms with Crippen molar-refractivity contribution in [2.45, 2.75) is 40.2 Å². The monoisotopic (exact) mass is 304 g/mol. The van der Waals surface area contributed by atoms with Gasteiger partial charge in [-0.1, -0.05) is 12.1 Å². The second kappa shape index (κ2) is 7.02. The van der Waals surface area contributed by atoms with Crippen molar-refractivity contribution in [3.05, 3.63) is 45.5 Å². The minimum Gasteiger partial charge on any atom is -0.361 e. The molecule has 118 valence electrons.